The second-order valence-corrected chi connectivity index (χ2v) is 9.06. The molecule has 136 valence electrons. The van der Waals surface area contributed by atoms with Gasteiger partial charge in [0.2, 0.25) is 10.0 Å². The molecule has 1 atom stereocenters. The van der Waals surface area contributed by atoms with Crippen LogP contribution in [0.15, 0.2) is 53.6 Å². The Morgan fingerprint density at radius 2 is 1.88 bits per heavy atom. The molecule has 0 aliphatic heterocycles. The summed E-state index contributed by atoms with van der Waals surface area (Å²) in [6.07, 6.45) is 1.83. The number of benzene rings is 2. The van der Waals surface area contributed by atoms with E-state index in [9.17, 15) is 8.42 Å². The molecule has 0 aliphatic rings. The van der Waals surface area contributed by atoms with Crippen LogP contribution < -0.4 is 4.72 Å². The standard InChI is InChI=1S/C19H19ClN2O2S2/c1-12-11-21-25-19(12)16-7-4-6-15(10-16)14(3)22-26(23,24)18-9-5-8-17(20)13(18)2/h4-11,14,22H,1-3H3/t14-/m0/s1. The van der Waals surface area contributed by atoms with Crippen molar-refractivity contribution in [1.82, 2.24) is 9.10 Å². The van der Waals surface area contributed by atoms with Crippen LogP contribution in [0.5, 0.6) is 0 Å². The van der Waals surface area contributed by atoms with Crippen molar-refractivity contribution in [2.45, 2.75) is 31.7 Å². The largest absolute Gasteiger partial charge is 0.241 e. The summed E-state index contributed by atoms with van der Waals surface area (Å²) in [6.45, 7) is 5.55. The summed E-state index contributed by atoms with van der Waals surface area (Å²) in [6, 6.07) is 12.4. The van der Waals surface area contributed by atoms with Crippen LogP contribution in [0.3, 0.4) is 0 Å². The smallest absolute Gasteiger partial charge is 0.207 e. The lowest BCUT2D eigenvalue weighted by molar-refractivity contribution is 0.566. The van der Waals surface area contributed by atoms with Crippen molar-refractivity contribution < 1.29 is 8.42 Å². The molecule has 3 aromatic rings. The molecule has 7 heteroatoms. The van der Waals surface area contributed by atoms with E-state index in [2.05, 4.69) is 9.10 Å². The molecule has 1 N–H and O–H groups in total. The van der Waals surface area contributed by atoms with Crippen molar-refractivity contribution in [3.8, 4) is 10.4 Å². The minimum atomic E-state index is -3.68. The number of hydrogen-bond donors (Lipinski definition) is 1. The molecule has 1 aromatic heterocycles. The first kappa shape index (κ1) is 19.0. The Morgan fingerprint density at radius 3 is 2.58 bits per heavy atom. The lowest BCUT2D eigenvalue weighted by Gasteiger charge is -2.17. The molecule has 4 nitrogen and oxygen atoms in total. The van der Waals surface area contributed by atoms with Crippen LogP contribution >= 0.6 is 23.1 Å². The third-order valence-electron chi connectivity index (χ3n) is 4.24. The van der Waals surface area contributed by atoms with Crippen molar-refractivity contribution in [2.24, 2.45) is 0 Å². The quantitative estimate of drug-likeness (QED) is 0.639. The van der Waals surface area contributed by atoms with Gasteiger partial charge in [-0.1, -0.05) is 35.9 Å². The van der Waals surface area contributed by atoms with Gasteiger partial charge in [0.05, 0.1) is 9.77 Å². The molecule has 26 heavy (non-hydrogen) atoms. The van der Waals surface area contributed by atoms with Crippen molar-refractivity contribution in [3.05, 3.63) is 70.4 Å². The van der Waals surface area contributed by atoms with Gasteiger partial charge < -0.3 is 0 Å². The van der Waals surface area contributed by atoms with Gasteiger partial charge in [-0.15, -0.1) is 0 Å². The molecule has 0 amide bonds. The summed E-state index contributed by atoms with van der Waals surface area (Å²) < 4.78 is 32.5. The summed E-state index contributed by atoms with van der Waals surface area (Å²) in [7, 11) is -3.68. The van der Waals surface area contributed by atoms with Crippen LogP contribution in [0, 0.1) is 13.8 Å². The highest BCUT2D eigenvalue weighted by Gasteiger charge is 2.21. The Balaban J connectivity index is 1.89. The molecule has 0 radical (unpaired) electrons. The first-order valence-corrected chi connectivity index (χ1v) is 10.7. The summed E-state index contributed by atoms with van der Waals surface area (Å²) in [5.74, 6) is 0. The first-order valence-electron chi connectivity index (χ1n) is 8.08. The molecule has 0 bridgehead atoms. The summed E-state index contributed by atoms with van der Waals surface area (Å²) in [4.78, 5) is 1.29. The normalized spacial score (nSPS) is 12.9. The van der Waals surface area contributed by atoms with Gasteiger partial charge >= 0.3 is 0 Å². The van der Waals surface area contributed by atoms with E-state index >= 15 is 0 Å². The molecule has 0 spiro atoms. The number of nitrogens with one attached hydrogen (secondary N) is 1. The predicted molar refractivity (Wildman–Crippen MR) is 107 cm³/mol. The number of sulfonamides is 1. The monoisotopic (exact) mass is 406 g/mol. The maximum Gasteiger partial charge on any atom is 0.241 e. The van der Waals surface area contributed by atoms with Crippen LogP contribution in [0.25, 0.3) is 10.4 Å². The molecule has 0 unspecified atom stereocenters. The van der Waals surface area contributed by atoms with Crippen LogP contribution in [-0.2, 0) is 10.0 Å². The number of aromatic nitrogens is 1. The third-order valence-corrected chi connectivity index (χ3v) is 7.28. The van der Waals surface area contributed by atoms with Crippen LogP contribution in [0.1, 0.15) is 29.7 Å². The molecule has 0 aliphatic carbocycles. The van der Waals surface area contributed by atoms with E-state index in [4.69, 9.17) is 11.6 Å². The maximum atomic E-state index is 12.8. The van der Waals surface area contributed by atoms with Crippen LogP contribution in [0.4, 0.5) is 0 Å². The molecule has 1 heterocycles. The van der Waals surface area contributed by atoms with Crippen molar-refractivity contribution >= 4 is 33.2 Å². The fourth-order valence-electron chi connectivity index (χ4n) is 2.76. The van der Waals surface area contributed by atoms with E-state index in [-0.39, 0.29) is 10.9 Å². The first-order chi connectivity index (χ1) is 12.3. The summed E-state index contributed by atoms with van der Waals surface area (Å²) >= 11 is 7.50. The molecule has 0 saturated carbocycles. The Labute approximate surface area is 163 Å². The van der Waals surface area contributed by atoms with Gasteiger partial charge in [0, 0.05) is 17.3 Å². The number of aryl methyl sites for hydroxylation is 1. The number of halogens is 1. The zero-order valence-corrected chi connectivity index (χ0v) is 17.0. The molecule has 0 saturated heterocycles. The van der Waals surface area contributed by atoms with E-state index in [1.165, 1.54) is 11.5 Å². The van der Waals surface area contributed by atoms with Crippen molar-refractivity contribution in [2.75, 3.05) is 0 Å². The van der Waals surface area contributed by atoms with E-state index in [0.29, 0.717) is 10.6 Å². The number of rotatable bonds is 5. The van der Waals surface area contributed by atoms with E-state index < -0.39 is 10.0 Å². The topological polar surface area (TPSA) is 59.1 Å². The molecular weight excluding hydrogens is 388 g/mol. The lowest BCUT2D eigenvalue weighted by atomic mass is 10.0. The van der Waals surface area contributed by atoms with Gasteiger partial charge in [0.25, 0.3) is 0 Å². The van der Waals surface area contributed by atoms with E-state index in [0.717, 1.165) is 21.6 Å². The average molecular weight is 407 g/mol. The van der Waals surface area contributed by atoms with Gasteiger partial charge in [0.1, 0.15) is 0 Å². The highest BCUT2D eigenvalue weighted by molar-refractivity contribution is 7.89. The van der Waals surface area contributed by atoms with Gasteiger partial charge in [-0.2, -0.15) is 0 Å². The summed E-state index contributed by atoms with van der Waals surface area (Å²) in [5.41, 5.74) is 3.57. The predicted octanol–water partition coefficient (Wildman–Crippen LogP) is 5.12. The second-order valence-electron chi connectivity index (χ2n) is 6.17. The average Bonchev–Trinajstić information content (AvgIpc) is 3.03. The third kappa shape index (κ3) is 3.83. The molecule has 0 fully saturated rings. The second kappa shape index (κ2) is 7.48. The van der Waals surface area contributed by atoms with Gasteiger partial charge in [-0.05, 0) is 72.8 Å². The Morgan fingerprint density at radius 1 is 1.15 bits per heavy atom. The number of nitrogens with zero attached hydrogens (tertiary/aromatic N) is 1. The fourth-order valence-corrected chi connectivity index (χ4v) is 5.24. The summed E-state index contributed by atoms with van der Waals surface area (Å²) in [5, 5.41) is 0.434. The van der Waals surface area contributed by atoms with Crippen LogP contribution in [0.2, 0.25) is 5.02 Å². The van der Waals surface area contributed by atoms with Crippen molar-refractivity contribution in [3.63, 3.8) is 0 Å². The maximum absolute atomic E-state index is 12.8. The van der Waals surface area contributed by atoms with Gasteiger partial charge in [-0.3, -0.25) is 0 Å². The molecule has 3 rings (SSSR count). The van der Waals surface area contributed by atoms with Crippen LogP contribution in [-0.4, -0.2) is 12.8 Å². The van der Waals surface area contributed by atoms with E-state index in [1.54, 1.807) is 25.1 Å². The highest BCUT2D eigenvalue weighted by atomic mass is 35.5. The fraction of sp³-hybridized carbons (Fsp3) is 0.211. The highest BCUT2D eigenvalue weighted by Crippen LogP contribution is 2.30. The van der Waals surface area contributed by atoms with Gasteiger partial charge in [-0.25, -0.2) is 17.5 Å². The lowest BCUT2D eigenvalue weighted by Crippen LogP contribution is -2.27. The Bertz CT molecular complexity index is 1050. The molecular formula is C19H19ClN2O2S2. The van der Waals surface area contributed by atoms with Crippen molar-refractivity contribution in [1.29, 1.82) is 0 Å². The zero-order chi connectivity index (χ0) is 18.9. The Hall–Kier alpha value is -1.73. The minimum absolute atomic E-state index is 0.200. The van der Waals surface area contributed by atoms with Gasteiger partial charge in [0.15, 0.2) is 0 Å². The number of hydrogen-bond acceptors (Lipinski definition) is 4. The molecule has 2 aromatic carbocycles. The zero-order valence-electron chi connectivity index (χ0n) is 14.7. The van der Waals surface area contributed by atoms with E-state index in [1.807, 2.05) is 44.3 Å². The minimum Gasteiger partial charge on any atom is -0.207 e. The SMILES string of the molecule is Cc1cnsc1-c1cccc([C@H](C)NS(=O)(=O)c2cccc(Cl)c2C)c1. The Kier molecular flexibility index (Phi) is 5.48.